The summed E-state index contributed by atoms with van der Waals surface area (Å²) in [5.41, 5.74) is 2.18. The minimum atomic E-state index is -3.25. The first kappa shape index (κ1) is 17.5. The van der Waals surface area contributed by atoms with Crippen molar-refractivity contribution in [3.05, 3.63) is 66.4 Å². The molecule has 0 fully saturated rings. The van der Waals surface area contributed by atoms with E-state index in [0.29, 0.717) is 24.0 Å². The van der Waals surface area contributed by atoms with Gasteiger partial charge in [-0.15, -0.1) is 0 Å². The first-order valence-electron chi connectivity index (χ1n) is 7.66. The topological polar surface area (TPSA) is 72.3 Å². The average Bonchev–Trinajstić information content (AvgIpc) is 2.61. The largest absolute Gasteiger partial charge is 0.478 e. The Morgan fingerprint density at radius 1 is 1.00 bits per heavy atom. The molecule has 0 saturated carbocycles. The van der Waals surface area contributed by atoms with Crippen LogP contribution in [-0.4, -0.2) is 27.2 Å². The van der Waals surface area contributed by atoms with Gasteiger partial charge in [0.05, 0.1) is 11.3 Å². The highest BCUT2D eigenvalue weighted by Gasteiger charge is 2.23. The van der Waals surface area contributed by atoms with Gasteiger partial charge in [0.25, 0.3) is 0 Å². The summed E-state index contributed by atoms with van der Waals surface area (Å²) in [6, 6.07) is 14.0. The number of carboxylic acid groups (broad SMARTS) is 1. The maximum absolute atomic E-state index is 12.9. The molecular weight excluding hydrogens is 342 g/mol. The molecule has 0 atom stereocenters. The van der Waals surface area contributed by atoms with Gasteiger partial charge in [0.1, 0.15) is 5.75 Å². The molecule has 3 rings (SSSR count). The quantitative estimate of drug-likeness (QED) is 0.729. The summed E-state index contributed by atoms with van der Waals surface area (Å²) in [7, 11) is 0. The van der Waals surface area contributed by atoms with Crippen molar-refractivity contribution in [1.29, 1.82) is 0 Å². The molecular formula is C19H14F2N2O3. The fourth-order valence-corrected chi connectivity index (χ4v) is 2.32. The van der Waals surface area contributed by atoms with E-state index in [0.717, 1.165) is 5.56 Å². The minimum Gasteiger partial charge on any atom is -0.478 e. The van der Waals surface area contributed by atoms with E-state index in [9.17, 15) is 13.6 Å². The highest BCUT2D eigenvalue weighted by atomic mass is 19.3. The fraction of sp³-hybridized carbons (Fsp3) is 0.105. The van der Waals surface area contributed by atoms with Crippen LogP contribution < -0.4 is 4.74 Å². The molecule has 0 spiro atoms. The number of carbonyl (C=O) groups is 1. The summed E-state index contributed by atoms with van der Waals surface area (Å²) >= 11 is 0. The van der Waals surface area contributed by atoms with Crippen molar-refractivity contribution in [2.45, 2.75) is 13.0 Å². The van der Waals surface area contributed by atoms with Crippen LogP contribution in [0.3, 0.4) is 0 Å². The molecule has 0 aliphatic carbocycles. The van der Waals surface area contributed by atoms with Gasteiger partial charge in [-0.25, -0.2) is 14.8 Å². The lowest BCUT2D eigenvalue weighted by Crippen LogP contribution is -2.18. The number of aromatic carboxylic acids is 1. The van der Waals surface area contributed by atoms with E-state index in [1.165, 1.54) is 24.3 Å². The van der Waals surface area contributed by atoms with E-state index in [2.05, 4.69) is 14.7 Å². The van der Waals surface area contributed by atoms with E-state index >= 15 is 0 Å². The molecule has 0 bridgehead atoms. The Hall–Kier alpha value is -3.35. The molecule has 0 unspecified atom stereocenters. The van der Waals surface area contributed by atoms with Crippen LogP contribution in [0.15, 0.2) is 60.8 Å². The molecule has 0 aliphatic heterocycles. The standard InChI is InChI=1S/C19H14F2N2O3/c1-19(20,21)26-15-8-6-13(7-9-15)17-22-11-10-16(23-17)12-2-4-14(5-3-12)18(24)25/h2-11H,1H3,(H,24,25). The number of hydrogen-bond acceptors (Lipinski definition) is 4. The van der Waals surface area contributed by atoms with Gasteiger partial charge in [0.2, 0.25) is 0 Å². The van der Waals surface area contributed by atoms with E-state index < -0.39 is 12.1 Å². The molecule has 0 amide bonds. The number of nitrogens with zero attached hydrogens (tertiary/aromatic N) is 2. The van der Waals surface area contributed by atoms with Gasteiger partial charge >= 0.3 is 12.1 Å². The first-order chi connectivity index (χ1) is 12.3. The van der Waals surface area contributed by atoms with Crippen LogP contribution in [0.2, 0.25) is 0 Å². The second kappa shape index (κ2) is 6.87. The van der Waals surface area contributed by atoms with Crippen molar-refractivity contribution in [1.82, 2.24) is 9.97 Å². The van der Waals surface area contributed by atoms with E-state index in [-0.39, 0.29) is 11.3 Å². The van der Waals surface area contributed by atoms with E-state index in [1.54, 1.807) is 36.5 Å². The Kier molecular flexibility index (Phi) is 4.62. The average molecular weight is 356 g/mol. The van der Waals surface area contributed by atoms with Gasteiger partial charge in [-0.1, -0.05) is 12.1 Å². The lowest BCUT2D eigenvalue weighted by atomic mass is 10.1. The fourth-order valence-electron chi connectivity index (χ4n) is 2.32. The number of aromatic nitrogens is 2. The Morgan fingerprint density at radius 3 is 2.19 bits per heavy atom. The molecule has 5 nitrogen and oxygen atoms in total. The Labute approximate surface area is 147 Å². The van der Waals surface area contributed by atoms with Crippen LogP contribution in [0, 0.1) is 0 Å². The number of rotatable bonds is 5. The van der Waals surface area contributed by atoms with Gasteiger partial charge in [-0.3, -0.25) is 0 Å². The summed E-state index contributed by atoms with van der Waals surface area (Å²) in [6.45, 7) is 0.670. The molecule has 26 heavy (non-hydrogen) atoms. The van der Waals surface area contributed by atoms with Crippen LogP contribution in [0.25, 0.3) is 22.6 Å². The number of ether oxygens (including phenoxy) is 1. The predicted octanol–water partition coefficient (Wildman–Crippen LogP) is 4.50. The second-order valence-corrected chi connectivity index (χ2v) is 5.58. The van der Waals surface area contributed by atoms with Crippen molar-refractivity contribution < 1.29 is 23.4 Å². The van der Waals surface area contributed by atoms with Gasteiger partial charge in [0.15, 0.2) is 5.82 Å². The lowest BCUT2D eigenvalue weighted by Gasteiger charge is -2.13. The van der Waals surface area contributed by atoms with Crippen LogP contribution in [-0.2, 0) is 0 Å². The van der Waals surface area contributed by atoms with Gasteiger partial charge in [0, 0.05) is 24.2 Å². The number of halogens is 2. The number of benzene rings is 2. The number of alkyl halides is 2. The maximum Gasteiger partial charge on any atom is 0.394 e. The monoisotopic (exact) mass is 356 g/mol. The first-order valence-corrected chi connectivity index (χ1v) is 7.66. The summed E-state index contributed by atoms with van der Waals surface area (Å²) in [4.78, 5) is 19.6. The van der Waals surface area contributed by atoms with E-state index in [4.69, 9.17) is 5.11 Å². The summed E-state index contributed by atoms with van der Waals surface area (Å²) < 4.78 is 30.2. The van der Waals surface area contributed by atoms with Crippen LogP contribution >= 0.6 is 0 Å². The van der Waals surface area contributed by atoms with Crippen molar-refractivity contribution in [2.24, 2.45) is 0 Å². The van der Waals surface area contributed by atoms with Gasteiger partial charge in [-0.2, -0.15) is 8.78 Å². The lowest BCUT2D eigenvalue weighted by molar-refractivity contribution is -0.158. The summed E-state index contributed by atoms with van der Waals surface area (Å²) in [6.07, 6.45) is -1.67. The highest BCUT2D eigenvalue weighted by molar-refractivity contribution is 5.88. The third-order valence-electron chi connectivity index (χ3n) is 3.49. The highest BCUT2D eigenvalue weighted by Crippen LogP contribution is 2.25. The minimum absolute atomic E-state index is 0.0432. The van der Waals surface area contributed by atoms with Crippen molar-refractivity contribution in [2.75, 3.05) is 0 Å². The SMILES string of the molecule is CC(F)(F)Oc1ccc(-c2nccc(-c3ccc(C(=O)O)cc3)n2)cc1. The third kappa shape index (κ3) is 4.18. The Bertz CT molecular complexity index is 921. The normalized spacial score (nSPS) is 11.2. The molecule has 7 heteroatoms. The molecule has 0 saturated heterocycles. The molecule has 1 N–H and O–H groups in total. The predicted molar refractivity (Wildman–Crippen MR) is 91.1 cm³/mol. The van der Waals surface area contributed by atoms with Crippen LogP contribution in [0.1, 0.15) is 17.3 Å². The second-order valence-electron chi connectivity index (χ2n) is 5.58. The number of hydrogen-bond donors (Lipinski definition) is 1. The van der Waals surface area contributed by atoms with E-state index in [1.807, 2.05) is 0 Å². The van der Waals surface area contributed by atoms with Crippen molar-refractivity contribution in [3.8, 4) is 28.4 Å². The number of carboxylic acids is 1. The Balaban J connectivity index is 1.86. The van der Waals surface area contributed by atoms with Crippen molar-refractivity contribution >= 4 is 5.97 Å². The maximum atomic E-state index is 12.9. The summed E-state index contributed by atoms with van der Waals surface area (Å²) in [5, 5.41) is 8.95. The molecule has 132 valence electrons. The zero-order chi connectivity index (χ0) is 18.7. The van der Waals surface area contributed by atoms with Crippen LogP contribution in [0.4, 0.5) is 8.78 Å². The molecule has 0 radical (unpaired) electrons. The van der Waals surface area contributed by atoms with Crippen molar-refractivity contribution in [3.63, 3.8) is 0 Å². The third-order valence-corrected chi connectivity index (χ3v) is 3.49. The smallest absolute Gasteiger partial charge is 0.394 e. The van der Waals surface area contributed by atoms with Gasteiger partial charge < -0.3 is 9.84 Å². The van der Waals surface area contributed by atoms with Crippen LogP contribution in [0.5, 0.6) is 5.75 Å². The zero-order valence-corrected chi connectivity index (χ0v) is 13.7. The Morgan fingerprint density at radius 2 is 1.62 bits per heavy atom. The zero-order valence-electron chi connectivity index (χ0n) is 13.7. The van der Waals surface area contributed by atoms with Gasteiger partial charge in [-0.05, 0) is 42.5 Å². The molecule has 1 heterocycles. The molecule has 2 aromatic carbocycles. The molecule has 0 aliphatic rings. The summed E-state index contributed by atoms with van der Waals surface area (Å²) in [5.74, 6) is -0.541. The molecule has 3 aromatic rings. The molecule has 1 aromatic heterocycles.